The average molecular weight is 251 g/mol. The Bertz CT molecular complexity index is 556. The first-order valence-electron chi connectivity index (χ1n) is 6.41. The second kappa shape index (κ2) is 6.55. The smallest absolute Gasteiger partial charge is 0.248 e. The second-order valence-corrected chi connectivity index (χ2v) is 4.28. The van der Waals surface area contributed by atoms with Crippen LogP contribution in [0.1, 0.15) is 18.1 Å². The van der Waals surface area contributed by atoms with Crippen LogP contribution in [0.3, 0.4) is 0 Å². The Labute approximate surface area is 113 Å². The lowest BCUT2D eigenvalue weighted by molar-refractivity contribution is -0.111. The van der Waals surface area contributed by atoms with E-state index in [9.17, 15) is 4.79 Å². The van der Waals surface area contributed by atoms with Crippen LogP contribution in [0.4, 0.5) is 5.69 Å². The van der Waals surface area contributed by atoms with E-state index in [1.807, 2.05) is 54.6 Å². The molecule has 0 aliphatic carbocycles. The summed E-state index contributed by atoms with van der Waals surface area (Å²) in [6.45, 7) is 2.11. The minimum Gasteiger partial charge on any atom is -0.323 e. The molecule has 0 spiro atoms. The molecule has 2 aromatic rings. The predicted octanol–water partition coefficient (Wildman–Crippen LogP) is 3.90. The number of carbonyl (C=O) groups is 1. The monoisotopic (exact) mass is 251 g/mol. The van der Waals surface area contributed by atoms with Crippen molar-refractivity contribution in [3.05, 3.63) is 71.8 Å². The maximum Gasteiger partial charge on any atom is 0.248 e. The minimum absolute atomic E-state index is 0.117. The summed E-state index contributed by atoms with van der Waals surface area (Å²) in [5.41, 5.74) is 3.09. The number of amides is 1. The largest absolute Gasteiger partial charge is 0.323 e. The quantitative estimate of drug-likeness (QED) is 0.820. The summed E-state index contributed by atoms with van der Waals surface area (Å²) in [6, 6.07) is 17.7. The highest BCUT2D eigenvalue weighted by Crippen LogP contribution is 2.10. The van der Waals surface area contributed by atoms with E-state index in [0.29, 0.717) is 0 Å². The fraction of sp³-hybridized carbons (Fsp3) is 0.118. The normalized spacial score (nSPS) is 10.6. The number of hydrogen-bond acceptors (Lipinski definition) is 1. The molecule has 0 fully saturated rings. The van der Waals surface area contributed by atoms with Crippen LogP contribution in [0.25, 0.3) is 6.08 Å². The zero-order chi connectivity index (χ0) is 13.5. The van der Waals surface area contributed by atoms with Gasteiger partial charge in [0.2, 0.25) is 5.91 Å². The Balaban J connectivity index is 1.95. The number of hydrogen-bond donors (Lipinski definition) is 1. The second-order valence-electron chi connectivity index (χ2n) is 4.28. The first-order valence-corrected chi connectivity index (χ1v) is 6.41. The van der Waals surface area contributed by atoms with Crippen molar-refractivity contribution in [3.63, 3.8) is 0 Å². The molecule has 0 aliphatic rings. The van der Waals surface area contributed by atoms with Gasteiger partial charge in [0, 0.05) is 11.8 Å². The van der Waals surface area contributed by atoms with Crippen molar-refractivity contribution in [3.8, 4) is 0 Å². The molecular formula is C17H17NO. The summed E-state index contributed by atoms with van der Waals surface area (Å²) < 4.78 is 0. The van der Waals surface area contributed by atoms with E-state index in [4.69, 9.17) is 0 Å². The van der Waals surface area contributed by atoms with Gasteiger partial charge >= 0.3 is 0 Å². The van der Waals surface area contributed by atoms with Crippen molar-refractivity contribution >= 4 is 17.7 Å². The molecule has 0 saturated carbocycles. The van der Waals surface area contributed by atoms with E-state index in [1.54, 1.807) is 12.2 Å². The Morgan fingerprint density at radius 3 is 2.37 bits per heavy atom. The fourth-order valence-electron chi connectivity index (χ4n) is 1.74. The molecule has 0 aromatic heterocycles. The van der Waals surface area contributed by atoms with Gasteiger partial charge in [0.15, 0.2) is 0 Å². The van der Waals surface area contributed by atoms with Gasteiger partial charge in [-0.05, 0) is 35.8 Å². The average Bonchev–Trinajstić information content (AvgIpc) is 2.47. The Kier molecular flexibility index (Phi) is 4.51. The molecule has 0 bridgehead atoms. The molecule has 0 saturated heterocycles. The van der Waals surface area contributed by atoms with E-state index < -0.39 is 0 Å². The van der Waals surface area contributed by atoms with E-state index in [2.05, 4.69) is 12.2 Å². The molecule has 2 nitrogen and oxygen atoms in total. The molecule has 2 rings (SSSR count). The third-order valence-corrected chi connectivity index (χ3v) is 2.86. The van der Waals surface area contributed by atoms with Crippen LogP contribution in [0.5, 0.6) is 0 Å². The van der Waals surface area contributed by atoms with Gasteiger partial charge in [-0.1, -0.05) is 49.4 Å². The number of nitrogens with one attached hydrogen (secondary N) is 1. The summed E-state index contributed by atoms with van der Waals surface area (Å²) >= 11 is 0. The van der Waals surface area contributed by atoms with Crippen molar-refractivity contribution in [1.29, 1.82) is 0 Å². The first kappa shape index (κ1) is 13.1. The first-order chi connectivity index (χ1) is 9.28. The van der Waals surface area contributed by atoms with Crippen LogP contribution >= 0.6 is 0 Å². The minimum atomic E-state index is -0.117. The van der Waals surface area contributed by atoms with Crippen molar-refractivity contribution < 1.29 is 4.79 Å². The van der Waals surface area contributed by atoms with Gasteiger partial charge in [-0.2, -0.15) is 0 Å². The van der Waals surface area contributed by atoms with Gasteiger partial charge < -0.3 is 5.32 Å². The summed E-state index contributed by atoms with van der Waals surface area (Å²) in [5.74, 6) is -0.117. The molecule has 0 atom stereocenters. The summed E-state index contributed by atoms with van der Waals surface area (Å²) in [5, 5.41) is 2.84. The molecule has 0 aliphatic heterocycles. The molecule has 0 radical (unpaired) electrons. The van der Waals surface area contributed by atoms with Gasteiger partial charge in [0.25, 0.3) is 0 Å². The number of benzene rings is 2. The van der Waals surface area contributed by atoms with Gasteiger partial charge in [-0.25, -0.2) is 0 Å². The highest BCUT2D eigenvalue weighted by molar-refractivity contribution is 6.01. The molecule has 0 heterocycles. The predicted molar refractivity (Wildman–Crippen MR) is 79.9 cm³/mol. The molecule has 19 heavy (non-hydrogen) atoms. The topological polar surface area (TPSA) is 29.1 Å². The van der Waals surface area contributed by atoms with Crippen LogP contribution in [0.15, 0.2) is 60.7 Å². The summed E-state index contributed by atoms with van der Waals surface area (Å²) in [6.07, 6.45) is 4.35. The zero-order valence-electron chi connectivity index (χ0n) is 11.0. The van der Waals surface area contributed by atoms with Crippen LogP contribution < -0.4 is 5.32 Å². The van der Waals surface area contributed by atoms with Crippen molar-refractivity contribution in [2.75, 3.05) is 5.32 Å². The molecule has 96 valence electrons. The lowest BCUT2D eigenvalue weighted by atomic mass is 10.1. The Morgan fingerprint density at radius 2 is 1.74 bits per heavy atom. The molecule has 2 heteroatoms. The van der Waals surface area contributed by atoms with Crippen molar-refractivity contribution in [2.45, 2.75) is 13.3 Å². The standard InChI is InChI=1S/C17H17NO/c1-2-14-8-11-16(12-9-14)18-17(19)13-10-15-6-4-3-5-7-15/h3-13H,2H2,1H3,(H,18,19)/b13-10+. The van der Waals surface area contributed by atoms with E-state index in [1.165, 1.54) is 5.56 Å². The van der Waals surface area contributed by atoms with E-state index >= 15 is 0 Å². The van der Waals surface area contributed by atoms with E-state index in [0.717, 1.165) is 17.7 Å². The van der Waals surface area contributed by atoms with Gasteiger partial charge in [-0.15, -0.1) is 0 Å². The van der Waals surface area contributed by atoms with Crippen LogP contribution in [-0.2, 0) is 11.2 Å². The van der Waals surface area contributed by atoms with Crippen LogP contribution in [0, 0.1) is 0 Å². The molecule has 2 aromatic carbocycles. The van der Waals surface area contributed by atoms with E-state index in [-0.39, 0.29) is 5.91 Å². The number of aryl methyl sites for hydroxylation is 1. The molecule has 1 amide bonds. The highest BCUT2D eigenvalue weighted by atomic mass is 16.1. The van der Waals surface area contributed by atoms with Gasteiger partial charge in [-0.3, -0.25) is 4.79 Å². The third kappa shape index (κ3) is 4.11. The Hall–Kier alpha value is -2.35. The number of anilines is 1. The summed E-state index contributed by atoms with van der Waals surface area (Å²) in [7, 11) is 0. The third-order valence-electron chi connectivity index (χ3n) is 2.86. The molecule has 1 N–H and O–H groups in total. The molecular weight excluding hydrogens is 234 g/mol. The van der Waals surface area contributed by atoms with Crippen molar-refractivity contribution in [2.24, 2.45) is 0 Å². The molecule has 0 unspecified atom stereocenters. The maximum atomic E-state index is 11.7. The van der Waals surface area contributed by atoms with Gasteiger partial charge in [0.1, 0.15) is 0 Å². The van der Waals surface area contributed by atoms with Crippen molar-refractivity contribution in [1.82, 2.24) is 0 Å². The van der Waals surface area contributed by atoms with Gasteiger partial charge in [0.05, 0.1) is 0 Å². The number of carbonyl (C=O) groups excluding carboxylic acids is 1. The van der Waals surface area contributed by atoms with Crippen LogP contribution in [-0.4, -0.2) is 5.91 Å². The lowest BCUT2D eigenvalue weighted by Crippen LogP contribution is -2.07. The SMILES string of the molecule is CCc1ccc(NC(=O)/C=C/c2ccccc2)cc1. The van der Waals surface area contributed by atoms with Crippen LogP contribution in [0.2, 0.25) is 0 Å². The highest BCUT2D eigenvalue weighted by Gasteiger charge is 1.97. The fourth-order valence-corrected chi connectivity index (χ4v) is 1.74. The lowest BCUT2D eigenvalue weighted by Gasteiger charge is -2.03. The summed E-state index contributed by atoms with van der Waals surface area (Å²) in [4.78, 5) is 11.7. The Morgan fingerprint density at radius 1 is 1.05 bits per heavy atom. The number of rotatable bonds is 4. The maximum absolute atomic E-state index is 11.7. The zero-order valence-corrected chi connectivity index (χ0v) is 11.0.